The van der Waals surface area contributed by atoms with Crippen molar-refractivity contribution in [2.75, 3.05) is 0 Å². The van der Waals surface area contributed by atoms with Gasteiger partial charge in [-0.05, 0) is 41.4 Å². The topological polar surface area (TPSA) is 253 Å². The Balaban J connectivity index is 1.81. The summed E-state index contributed by atoms with van der Waals surface area (Å²) >= 11 is 0. The Morgan fingerprint density at radius 3 is 2.21 bits per heavy atom. The molecule has 0 saturated carbocycles. The molecular weight excluding hydrogens is 536 g/mol. The summed E-state index contributed by atoms with van der Waals surface area (Å²) in [5.41, 5.74) is 14.6. The van der Waals surface area contributed by atoms with E-state index in [1.54, 1.807) is 0 Å². The maximum Gasteiger partial charge on any atom is 0.339 e. The maximum atomic E-state index is 13.3. The number of hydrogen-bond acceptors (Lipinski definition) is 11. The number of phenolic OH excluding ortho intramolecular Hbond substituents is 3. The third kappa shape index (κ3) is 4.56. The van der Waals surface area contributed by atoms with E-state index in [0.29, 0.717) is 0 Å². The van der Waals surface area contributed by atoms with Crippen molar-refractivity contribution in [1.82, 2.24) is 0 Å². The number of allylic oxidation sites excluding steroid dienone is 1. The van der Waals surface area contributed by atoms with Crippen LogP contribution in [0.1, 0.15) is 31.8 Å². The standard InChI is InChI=1S/C23H12N6O9S/c24-28-26-17-16-12(20(32)23(35)18(17)27-29-25)5-2-6-15(16)39(36,37)38-11-4-1-3-10(9-11)19(31)13-7-8-14(30)22(34)21(13)33/h1-9,30,33-34H. The Morgan fingerprint density at radius 1 is 0.846 bits per heavy atom. The van der Waals surface area contributed by atoms with Crippen LogP contribution in [0, 0.1) is 0 Å². The molecule has 3 N–H and O–H groups in total. The van der Waals surface area contributed by atoms with E-state index >= 15 is 0 Å². The molecule has 0 spiro atoms. The Labute approximate surface area is 217 Å². The average molecular weight is 548 g/mol. The first-order valence-electron chi connectivity index (χ1n) is 10.4. The molecule has 0 atom stereocenters. The zero-order chi connectivity index (χ0) is 28.5. The summed E-state index contributed by atoms with van der Waals surface area (Å²) in [6, 6.07) is 9.92. The molecule has 4 rings (SSSR count). The van der Waals surface area contributed by atoms with Gasteiger partial charge in [-0.3, -0.25) is 14.4 Å². The van der Waals surface area contributed by atoms with E-state index < -0.39 is 83.4 Å². The lowest BCUT2D eigenvalue weighted by molar-refractivity contribution is -0.111. The van der Waals surface area contributed by atoms with Gasteiger partial charge in [-0.25, -0.2) is 0 Å². The van der Waals surface area contributed by atoms with E-state index in [1.807, 2.05) is 0 Å². The number of carbonyl (C=O) groups excluding carboxylic acids is 3. The normalized spacial score (nSPS) is 12.7. The molecule has 0 saturated heterocycles. The molecule has 0 aromatic heterocycles. The Hall–Kier alpha value is -5.82. The molecule has 0 heterocycles. The first-order valence-corrected chi connectivity index (χ1v) is 11.8. The highest BCUT2D eigenvalue weighted by atomic mass is 32.2. The van der Waals surface area contributed by atoms with Crippen molar-refractivity contribution in [3.8, 4) is 23.0 Å². The van der Waals surface area contributed by atoms with Gasteiger partial charge in [0.05, 0.1) is 17.0 Å². The average Bonchev–Trinajstić information content (AvgIpc) is 2.91. The van der Waals surface area contributed by atoms with Crippen LogP contribution in [0.15, 0.2) is 75.4 Å². The second-order valence-electron chi connectivity index (χ2n) is 7.64. The molecular formula is C23H12N6O9S. The van der Waals surface area contributed by atoms with Gasteiger partial charge in [0.2, 0.25) is 17.3 Å². The van der Waals surface area contributed by atoms with Crippen molar-refractivity contribution < 1.29 is 42.3 Å². The zero-order valence-corrected chi connectivity index (χ0v) is 19.9. The van der Waals surface area contributed by atoms with Gasteiger partial charge in [-0.2, -0.15) is 8.42 Å². The predicted molar refractivity (Wildman–Crippen MR) is 130 cm³/mol. The summed E-state index contributed by atoms with van der Waals surface area (Å²) in [7, 11) is -4.86. The molecule has 15 nitrogen and oxygen atoms in total. The van der Waals surface area contributed by atoms with Crippen LogP contribution in [0.3, 0.4) is 0 Å². The molecule has 1 aliphatic carbocycles. The van der Waals surface area contributed by atoms with E-state index in [9.17, 15) is 38.1 Å². The van der Waals surface area contributed by atoms with Gasteiger partial charge in [-0.15, -0.1) is 0 Å². The Morgan fingerprint density at radius 2 is 1.51 bits per heavy atom. The summed E-state index contributed by atoms with van der Waals surface area (Å²) in [6.45, 7) is 0. The number of phenols is 3. The smallest absolute Gasteiger partial charge is 0.339 e. The van der Waals surface area contributed by atoms with E-state index in [4.69, 9.17) is 15.2 Å². The molecule has 0 bridgehead atoms. The second-order valence-corrected chi connectivity index (χ2v) is 9.15. The molecule has 16 heteroatoms. The number of ketones is 3. The third-order valence-corrected chi connectivity index (χ3v) is 6.68. The molecule has 1 aliphatic rings. The van der Waals surface area contributed by atoms with Gasteiger partial charge in [0.25, 0.3) is 0 Å². The van der Waals surface area contributed by atoms with Gasteiger partial charge in [0, 0.05) is 26.5 Å². The largest absolute Gasteiger partial charge is 0.504 e. The van der Waals surface area contributed by atoms with Crippen LogP contribution >= 0.6 is 0 Å². The number of hydrogen-bond donors (Lipinski definition) is 3. The monoisotopic (exact) mass is 548 g/mol. The third-order valence-electron chi connectivity index (χ3n) is 5.39. The van der Waals surface area contributed by atoms with Crippen molar-refractivity contribution in [3.63, 3.8) is 0 Å². The maximum absolute atomic E-state index is 13.3. The summed E-state index contributed by atoms with van der Waals surface area (Å²) in [6.07, 6.45) is 0. The molecule has 39 heavy (non-hydrogen) atoms. The highest BCUT2D eigenvalue weighted by Crippen LogP contribution is 2.39. The van der Waals surface area contributed by atoms with Crippen molar-refractivity contribution in [2.24, 2.45) is 10.2 Å². The Bertz CT molecular complexity index is 1850. The van der Waals surface area contributed by atoms with E-state index in [2.05, 4.69) is 20.1 Å². The summed E-state index contributed by atoms with van der Waals surface area (Å²) in [5.74, 6) is -6.29. The zero-order valence-electron chi connectivity index (χ0n) is 19.1. The minimum atomic E-state index is -4.86. The quantitative estimate of drug-likeness (QED) is 0.0735. The second kappa shape index (κ2) is 9.91. The number of Topliss-reactive ketones (excluding diaryl/α,β-unsaturated/α-hetero) is 2. The first kappa shape index (κ1) is 26.2. The van der Waals surface area contributed by atoms with Gasteiger partial charge in [-0.1, -0.05) is 34.5 Å². The summed E-state index contributed by atoms with van der Waals surface area (Å²) in [4.78, 5) is 42.1. The van der Waals surface area contributed by atoms with Crippen LogP contribution in [0.2, 0.25) is 0 Å². The van der Waals surface area contributed by atoms with Gasteiger partial charge in [0.15, 0.2) is 17.3 Å². The number of benzene rings is 3. The number of fused-ring (bicyclic) bond motifs is 1. The van der Waals surface area contributed by atoms with Crippen molar-refractivity contribution >= 4 is 33.2 Å². The lowest BCUT2D eigenvalue weighted by Gasteiger charge is -2.19. The molecule has 0 amide bonds. The highest BCUT2D eigenvalue weighted by Gasteiger charge is 2.36. The van der Waals surface area contributed by atoms with E-state index in [1.165, 1.54) is 18.2 Å². The van der Waals surface area contributed by atoms with E-state index in [0.717, 1.165) is 36.4 Å². The molecule has 194 valence electrons. The molecule has 0 aliphatic heterocycles. The number of nitrogens with zero attached hydrogens (tertiary/aromatic N) is 6. The van der Waals surface area contributed by atoms with Gasteiger partial charge >= 0.3 is 10.1 Å². The minimum Gasteiger partial charge on any atom is -0.504 e. The molecule has 0 unspecified atom stereocenters. The van der Waals surface area contributed by atoms with Crippen molar-refractivity contribution in [3.05, 3.63) is 103 Å². The fourth-order valence-corrected chi connectivity index (χ4v) is 4.83. The number of carbonyl (C=O) groups is 3. The fourth-order valence-electron chi connectivity index (χ4n) is 3.68. The first-order chi connectivity index (χ1) is 18.5. The van der Waals surface area contributed by atoms with Gasteiger partial charge in [0.1, 0.15) is 10.6 Å². The van der Waals surface area contributed by atoms with Gasteiger partial charge < -0.3 is 19.5 Å². The summed E-state index contributed by atoms with van der Waals surface area (Å²) < 4.78 is 31.7. The summed E-state index contributed by atoms with van der Waals surface area (Å²) in [5, 5.41) is 35.6. The molecule has 0 fully saturated rings. The van der Waals surface area contributed by atoms with Crippen LogP contribution in [-0.4, -0.2) is 41.1 Å². The fraction of sp³-hybridized carbons (Fsp3) is 0. The predicted octanol–water partition coefficient (Wildman–Crippen LogP) is 3.86. The van der Waals surface area contributed by atoms with E-state index in [-0.39, 0.29) is 5.56 Å². The van der Waals surface area contributed by atoms with Crippen LogP contribution in [0.5, 0.6) is 23.0 Å². The SMILES string of the molecule is [N-]=[N+]=NC1=C(N=[N+]=[N-])c2c(cccc2S(=O)(=O)Oc2cccc(C(=O)c3ccc(O)c(O)c3O)c2)C(=O)C1=O. The highest BCUT2D eigenvalue weighted by molar-refractivity contribution is 7.87. The Kier molecular flexibility index (Phi) is 6.67. The number of aromatic hydroxyl groups is 3. The minimum absolute atomic E-state index is 0.181. The lowest BCUT2D eigenvalue weighted by atomic mass is 9.91. The van der Waals surface area contributed by atoms with Crippen LogP contribution in [0.4, 0.5) is 0 Å². The van der Waals surface area contributed by atoms with Crippen LogP contribution < -0.4 is 4.18 Å². The van der Waals surface area contributed by atoms with Crippen molar-refractivity contribution in [1.29, 1.82) is 0 Å². The molecule has 3 aromatic carbocycles. The molecule has 3 aromatic rings. The van der Waals surface area contributed by atoms with Crippen molar-refractivity contribution in [2.45, 2.75) is 4.90 Å². The number of azide groups is 2. The molecule has 0 radical (unpaired) electrons. The van der Waals surface area contributed by atoms with Crippen LogP contribution in [0.25, 0.3) is 26.6 Å². The van der Waals surface area contributed by atoms with Crippen LogP contribution in [-0.2, 0) is 14.9 Å². The lowest BCUT2D eigenvalue weighted by Crippen LogP contribution is -2.25. The number of rotatable bonds is 7.